The maximum absolute atomic E-state index is 12.5. The highest BCUT2D eigenvalue weighted by molar-refractivity contribution is 8.26. The van der Waals surface area contributed by atoms with Crippen LogP contribution in [0.15, 0.2) is 17.0 Å². The summed E-state index contributed by atoms with van der Waals surface area (Å²) in [5.74, 6) is 1.67. The third kappa shape index (κ3) is 3.87. The quantitative estimate of drug-likeness (QED) is 0.595. The van der Waals surface area contributed by atoms with E-state index in [2.05, 4.69) is 13.8 Å². The Kier molecular flexibility index (Phi) is 5.70. The van der Waals surface area contributed by atoms with Crippen molar-refractivity contribution in [2.24, 2.45) is 5.92 Å². The summed E-state index contributed by atoms with van der Waals surface area (Å²) in [6.07, 6.45) is 1.87. The highest BCUT2D eigenvalue weighted by Crippen LogP contribution is 2.36. The fraction of sp³-hybridized carbons (Fsp3) is 0.412. The van der Waals surface area contributed by atoms with Gasteiger partial charge in [0.15, 0.2) is 11.5 Å². The fourth-order valence-electron chi connectivity index (χ4n) is 2.32. The van der Waals surface area contributed by atoms with Crippen LogP contribution in [0.3, 0.4) is 0 Å². The Hall–Kier alpha value is -1.53. The summed E-state index contributed by atoms with van der Waals surface area (Å²) in [4.78, 5) is 14.9. The summed E-state index contributed by atoms with van der Waals surface area (Å²) < 4.78 is 11.2. The topological polar surface area (TPSA) is 38.8 Å². The van der Waals surface area contributed by atoms with Crippen molar-refractivity contribution < 1.29 is 14.3 Å². The second-order valence-electron chi connectivity index (χ2n) is 5.75. The zero-order chi connectivity index (χ0) is 17.1. The molecule has 124 valence electrons. The molecule has 0 N–H and O–H groups in total. The average Bonchev–Trinajstić information content (AvgIpc) is 2.76. The van der Waals surface area contributed by atoms with E-state index in [1.807, 2.05) is 25.1 Å². The first-order valence-corrected chi connectivity index (χ1v) is 8.57. The van der Waals surface area contributed by atoms with Crippen molar-refractivity contribution in [1.82, 2.24) is 4.90 Å². The standard InChI is InChI=1S/C17H21NO3S2/c1-10(2)9-18-16(19)15(23-17(18)22)8-12-7-14(21-5)13(20-4)6-11(12)3/h6-8,10H,9H2,1-5H3/b15-8-. The molecule has 1 amide bonds. The number of hydrogen-bond donors (Lipinski definition) is 0. The lowest BCUT2D eigenvalue weighted by molar-refractivity contribution is -0.122. The van der Waals surface area contributed by atoms with E-state index in [4.69, 9.17) is 21.7 Å². The van der Waals surface area contributed by atoms with Gasteiger partial charge >= 0.3 is 0 Å². The maximum atomic E-state index is 12.5. The molecule has 0 spiro atoms. The molecule has 0 unspecified atom stereocenters. The van der Waals surface area contributed by atoms with Gasteiger partial charge in [-0.1, -0.05) is 37.8 Å². The van der Waals surface area contributed by atoms with E-state index in [1.165, 1.54) is 11.8 Å². The van der Waals surface area contributed by atoms with E-state index < -0.39 is 0 Å². The maximum Gasteiger partial charge on any atom is 0.266 e. The molecule has 1 aliphatic heterocycles. The van der Waals surface area contributed by atoms with E-state index in [0.29, 0.717) is 33.2 Å². The molecular formula is C17H21NO3S2. The number of thioether (sulfide) groups is 1. The average molecular weight is 351 g/mol. The van der Waals surface area contributed by atoms with E-state index in [-0.39, 0.29) is 5.91 Å². The Morgan fingerprint density at radius 2 is 1.87 bits per heavy atom. The normalized spacial score (nSPS) is 16.6. The molecule has 1 fully saturated rings. The minimum Gasteiger partial charge on any atom is -0.493 e. The van der Waals surface area contributed by atoms with Crippen molar-refractivity contribution in [2.75, 3.05) is 20.8 Å². The first-order valence-electron chi connectivity index (χ1n) is 7.35. The lowest BCUT2D eigenvalue weighted by Crippen LogP contribution is -2.31. The number of carbonyl (C=O) groups excluding carboxylic acids is 1. The minimum absolute atomic E-state index is 0.0251. The monoisotopic (exact) mass is 351 g/mol. The van der Waals surface area contributed by atoms with Gasteiger partial charge in [-0.3, -0.25) is 9.69 Å². The number of carbonyl (C=O) groups is 1. The third-order valence-corrected chi connectivity index (χ3v) is 4.86. The van der Waals surface area contributed by atoms with Crippen LogP contribution in [0.4, 0.5) is 0 Å². The SMILES string of the molecule is COc1cc(C)c(/C=C2\SC(=S)N(CC(C)C)C2=O)cc1OC. The van der Waals surface area contributed by atoms with Crippen LogP contribution in [-0.4, -0.2) is 35.9 Å². The van der Waals surface area contributed by atoms with Gasteiger partial charge in [-0.25, -0.2) is 0 Å². The van der Waals surface area contributed by atoms with E-state index >= 15 is 0 Å². The summed E-state index contributed by atoms with van der Waals surface area (Å²) in [6, 6.07) is 3.78. The number of benzene rings is 1. The van der Waals surface area contributed by atoms with Crippen LogP contribution in [0, 0.1) is 12.8 Å². The number of amides is 1. The van der Waals surface area contributed by atoms with Gasteiger partial charge in [-0.15, -0.1) is 0 Å². The Morgan fingerprint density at radius 1 is 1.26 bits per heavy atom. The number of ether oxygens (including phenoxy) is 2. The molecule has 1 aromatic rings. The number of methoxy groups -OCH3 is 2. The zero-order valence-electron chi connectivity index (χ0n) is 14.0. The summed E-state index contributed by atoms with van der Waals surface area (Å²) in [6.45, 7) is 6.76. The Balaban J connectivity index is 2.36. The fourth-order valence-corrected chi connectivity index (χ4v) is 3.58. The van der Waals surface area contributed by atoms with E-state index in [1.54, 1.807) is 19.1 Å². The van der Waals surface area contributed by atoms with Crippen molar-refractivity contribution in [3.8, 4) is 11.5 Å². The second-order valence-corrected chi connectivity index (χ2v) is 7.43. The first kappa shape index (κ1) is 17.8. The number of aryl methyl sites for hydroxylation is 1. The van der Waals surface area contributed by atoms with Crippen LogP contribution < -0.4 is 9.47 Å². The van der Waals surface area contributed by atoms with Crippen LogP contribution in [-0.2, 0) is 4.79 Å². The number of rotatable bonds is 5. The lowest BCUT2D eigenvalue weighted by Gasteiger charge is -2.16. The van der Waals surface area contributed by atoms with Crippen LogP contribution in [0.25, 0.3) is 6.08 Å². The summed E-state index contributed by atoms with van der Waals surface area (Å²) in [5.41, 5.74) is 1.93. The smallest absolute Gasteiger partial charge is 0.266 e. The highest BCUT2D eigenvalue weighted by Gasteiger charge is 2.32. The van der Waals surface area contributed by atoms with Gasteiger partial charge in [0.1, 0.15) is 4.32 Å². The minimum atomic E-state index is -0.0251. The van der Waals surface area contributed by atoms with Crippen molar-refractivity contribution in [1.29, 1.82) is 0 Å². The van der Waals surface area contributed by atoms with Gasteiger partial charge in [-0.05, 0) is 42.2 Å². The molecular weight excluding hydrogens is 330 g/mol. The molecule has 23 heavy (non-hydrogen) atoms. The van der Waals surface area contributed by atoms with Gasteiger partial charge in [-0.2, -0.15) is 0 Å². The number of nitrogens with zero attached hydrogens (tertiary/aromatic N) is 1. The van der Waals surface area contributed by atoms with Crippen molar-refractivity contribution in [3.05, 3.63) is 28.2 Å². The molecule has 1 aromatic carbocycles. The molecule has 6 heteroatoms. The zero-order valence-corrected chi connectivity index (χ0v) is 15.6. The van der Waals surface area contributed by atoms with Crippen molar-refractivity contribution in [2.45, 2.75) is 20.8 Å². The van der Waals surface area contributed by atoms with Crippen LogP contribution in [0.5, 0.6) is 11.5 Å². The number of thiocarbonyl (C=S) groups is 1. The highest BCUT2D eigenvalue weighted by atomic mass is 32.2. The Labute approximate surface area is 146 Å². The molecule has 0 aromatic heterocycles. The Bertz CT molecular complexity index is 668. The predicted octanol–water partition coefficient (Wildman–Crippen LogP) is 3.87. The molecule has 1 aliphatic rings. The first-order chi connectivity index (χ1) is 10.9. The summed E-state index contributed by atoms with van der Waals surface area (Å²) in [5, 5.41) is 0. The predicted molar refractivity (Wildman–Crippen MR) is 99.0 cm³/mol. The van der Waals surface area contributed by atoms with Crippen molar-refractivity contribution >= 4 is 40.3 Å². The molecule has 0 radical (unpaired) electrons. The van der Waals surface area contributed by atoms with E-state index in [0.717, 1.165) is 11.1 Å². The molecule has 0 aliphatic carbocycles. The summed E-state index contributed by atoms with van der Waals surface area (Å²) in [7, 11) is 3.20. The van der Waals surface area contributed by atoms with Gasteiger partial charge in [0.25, 0.3) is 5.91 Å². The molecule has 0 bridgehead atoms. The summed E-state index contributed by atoms with van der Waals surface area (Å²) >= 11 is 6.68. The largest absolute Gasteiger partial charge is 0.493 e. The van der Waals surface area contributed by atoms with Gasteiger partial charge in [0.2, 0.25) is 0 Å². The molecule has 4 nitrogen and oxygen atoms in total. The van der Waals surface area contributed by atoms with E-state index in [9.17, 15) is 4.79 Å². The van der Waals surface area contributed by atoms with Gasteiger partial charge in [0, 0.05) is 6.54 Å². The lowest BCUT2D eigenvalue weighted by atomic mass is 10.1. The third-order valence-electron chi connectivity index (χ3n) is 3.48. The number of hydrogen-bond acceptors (Lipinski definition) is 5. The Morgan fingerprint density at radius 3 is 2.43 bits per heavy atom. The van der Waals surface area contributed by atoms with Gasteiger partial charge in [0.05, 0.1) is 19.1 Å². The van der Waals surface area contributed by atoms with Crippen LogP contribution >= 0.6 is 24.0 Å². The van der Waals surface area contributed by atoms with Crippen LogP contribution in [0.1, 0.15) is 25.0 Å². The second kappa shape index (κ2) is 7.36. The van der Waals surface area contributed by atoms with Crippen molar-refractivity contribution in [3.63, 3.8) is 0 Å². The van der Waals surface area contributed by atoms with Crippen LogP contribution in [0.2, 0.25) is 0 Å². The molecule has 1 saturated heterocycles. The molecule has 1 heterocycles. The molecule has 0 atom stereocenters. The van der Waals surface area contributed by atoms with Gasteiger partial charge < -0.3 is 9.47 Å². The molecule has 2 rings (SSSR count). The molecule has 0 saturated carbocycles.